The molecule has 0 unspecified atom stereocenters. The number of hydrazine groups is 1. The van der Waals surface area contributed by atoms with Crippen LogP contribution in [0, 0.1) is 0 Å². The second-order valence-corrected chi connectivity index (χ2v) is 5.97. The molecule has 2 aromatic rings. The van der Waals surface area contributed by atoms with E-state index in [0.717, 1.165) is 18.8 Å². The third-order valence-electron chi connectivity index (χ3n) is 4.21. The van der Waals surface area contributed by atoms with Crippen LogP contribution < -0.4 is 9.64 Å². The molecule has 1 fully saturated rings. The van der Waals surface area contributed by atoms with Gasteiger partial charge in [0.2, 0.25) is 5.91 Å². The zero-order valence-electron chi connectivity index (χ0n) is 14.7. The zero-order valence-corrected chi connectivity index (χ0v) is 14.7. The predicted octanol–water partition coefficient (Wildman–Crippen LogP) is 1.57. The predicted molar refractivity (Wildman–Crippen MR) is 97.5 cm³/mol. The maximum atomic E-state index is 12.5. The molecule has 26 heavy (non-hydrogen) atoms. The van der Waals surface area contributed by atoms with Gasteiger partial charge >= 0.3 is 0 Å². The Kier molecular flexibility index (Phi) is 5.80. The van der Waals surface area contributed by atoms with Crippen LogP contribution in [0.3, 0.4) is 0 Å². The van der Waals surface area contributed by atoms with Crippen molar-refractivity contribution < 1.29 is 14.3 Å². The number of anilines is 1. The lowest BCUT2D eigenvalue weighted by molar-refractivity contribution is -0.165. The highest BCUT2D eigenvalue weighted by Gasteiger charge is 2.29. The second-order valence-electron chi connectivity index (χ2n) is 5.97. The highest BCUT2D eigenvalue weighted by atomic mass is 16.5. The maximum absolute atomic E-state index is 12.5. The number of hydrogen-bond acceptors (Lipinski definition) is 6. The van der Waals surface area contributed by atoms with Crippen LogP contribution in [-0.4, -0.2) is 59.6 Å². The summed E-state index contributed by atoms with van der Waals surface area (Å²) in [5.74, 6) is -0.0606. The number of rotatable bonds is 5. The largest absolute Gasteiger partial charge is 0.484 e. The summed E-state index contributed by atoms with van der Waals surface area (Å²) in [6.45, 7) is 3.84. The van der Waals surface area contributed by atoms with Gasteiger partial charge < -0.3 is 9.64 Å². The number of amides is 2. The summed E-state index contributed by atoms with van der Waals surface area (Å²) in [7, 11) is 0. The lowest BCUT2D eigenvalue weighted by Crippen LogP contribution is -2.58. The summed E-state index contributed by atoms with van der Waals surface area (Å²) in [6, 6.07) is 13.0. The molecule has 3 rings (SSSR count). The summed E-state index contributed by atoms with van der Waals surface area (Å²) in [5, 5.41) is 2.99. The van der Waals surface area contributed by atoms with Crippen molar-refractivity contribution in [3.63, 3.8) is 0 Å². The van der Waals surface area contributed by atoms with Gasteiger partial charge in [0, 0.05) is 51.2 Å². The van der Waals surface area contributed by atoms with E-state index in [0.29, 0.717) is 18.8 Å². The Labute approximate surface area is 152 Å². The number of nitrogens with zero attached hydrogens (tertiary/aromatic N) is 4. The number of para-hydroxylation sites is 1. The monoisotopic (exact) mass is 354 g/mol. The van der Waals surface area contributed by atoms with Crippen LogP contribution in [0.4, 0.5) is 5.69 Å². The van der Waals surface area contributed by atoms with E-state index in [4.69, 9.17) is 4.74 Å². The van der Waals surface area contributed by atoms with Crippen molar-refractivity contribution >= 4 is 17.5 Å². The van der Waals surface area contributed by atoms with Crippen molar-refractivity contribution in [3.8, 4) is 5.75 Å². The van der Waals surface area contributed by atoms with E-state index in [-0.39, 0.29) is 18.4 Å². The molecule has 1 saturated heterocycles. The van der Waals surface area contributed by atoms with Crippen molar-refractivity contribution in [2.45, 2.75) is 6.92 Å². The maximum Gasteiger partial charge on any atom is 0.281 e. The smallest absolute Gasteiger partial charge is 0.281 e. The normalized spacial score (nSPS) is 14.7. The molecule has 0 bridgehead atoms. The first-order chi connectivity index (χ1) is 12.6. The molecular formula is C19H22N4O3. The molecule has 2 amide bonds. The van der Waals surface area contributed by atoms with E-state index in [1.165, 1.54) is 11.9 Å². The Morgan fingerprint density at radius 1 is 1.04 bits per heavy atom. The number of hydrogen-bond donors (Lipinski definition) is 0. The van der Waals surface area contributed by atoms with Crippen LogP contribution in [0.2, 0.25) is 0 Å². The molecule has 1 aliphatic heterocycles. The number of aromatic nitrogens is 1. The lowest BCUT2D eigenvalue weighted by Gasteiger charge is -2.40. The number of benzene rings is 1. The Bertz CT molecular complexity index is 731. The van der Waals surface area contributed by atoms with Crippen molar-refractivity contribution in [1.29, 1.82) is 0 Å². The minimum atomic E-state index is -0.362. The second kappa shape index (κ2) is 8.44. The molecule has 7 nitrogen and oxygen atoms in total. The van der Waals surface area contributed by atoms with E-state index in [9.17, 15) is 9.59 Å². The summed E-state index contributed by atoms with van der Waals surface area (Å²) < 4.78 is 5.49. The summed E-state index contributed by atoms with van der Waals surface area (Å²) >= 11 is 0. The van der Waals surface area contributed by atoms with Crippen LogP contribution >= 0.6 is 0 Å². The molecule has 0 saturated carbocycles. The third kappa shape index (κ3) is 4.37. The molecule has 0 atom stereocenters. The van der Waals surface area contributed by atoms with Gasteiger partial charge in [0.25, 0.3) is 5.91 Å². The van der Waals surface area contributed by atoms with Crippen LogP contribution in [0.5, 0.6) is 5.75 Å². The Balaban J connectivity index is 1.58. The van der Waals surface area contributed by atoms with Gasteiger partial charge in [-0.3, -0.25) is 14.6 Å². The number of ether oxygens (including phenoxy) is 1. The van der Waals surface area contributed by atoms with Gasteiger partial charge in [-0.25, -0.2) is 10.0 Å². The van der Waals surface area contributed by atoms with Crippen LogP contribution in [-0.2, 0) is 9.59 Å². The average molecular weight is 354 g/mol. The minimum Gasteiger partial charge on any atom is -0.484 e. The molecule has 1 aliphatic rings. The van der Waals surface area contributed by atoms with E-state index >= 15 is 0 Å². The Hall–Kier alpha value is -2.93. The van der Waals surface area contributed by atoms with Crippen LogP contribution in [0.15, 0.2) is 54.9 Å². The Morgan fingerprint density at radius 3 is 2.31 bits per heavy atom. The van der Waals surface area contributed by atoms with Gasteiger partial charge in [0.15, 0.2) is 6.61 Å². The first-order valence-electron chi connectivity index (χ1n) is 8.56. The van der Waals surface area contributed by atoms with Gasteiger partial charge in [-0.15, -0.1) is 0 Å². The van der Waals surface area contributed by atoms with Gasteiger partial charge in [0.05, 0.1) is 0 Å². The Morgan fingerprint density at radius 2 is 1.69 bits per heavy atom. The molecule has 0 radical (unpaired) electrons. The molecular weight excluding hydrogens is 332 g/mol. The lowest BCUT2D eigenvalue weighted by atomic mass is 10.3. The van der Waals surface area contributed by atoms with E-state index in [2.05, 4.69) is 9.88 Å². The zero-order chi connectivity index (χ0) is 18.4. The molecule has 1 aromatic heterocycles. The van der Waals surface area contributed by atoms with Crippen molar-refractivity contribution in [2.24, 2.45) is 0 Å². The van der Waals surface area contributed by atoms with Crippen molar-refractivity contribution in [3.05, 3.63) is 54.9 Å². The quantitative estimate of drug-likeness (QED) is 0.812. The fraction of sp³-hybridized carbons (Fsp3) is 0.316. The number of piperazine rings is 1. The fourth-order valence-corrected chi connectivity index (χ4v) is 2.96. The minimum absolute atomic E-state index is 0.172. The number of carbonyl (C=O) groups is 2. The fourth-order valence-electron chi connectivity index (χ4n) is 2.96. The SMILES string of the molecule is CC(=O)N(C(=O)COc1ccccc1)N1CCN(c2ccncc2)CC1. The summed E-state index contributed by atoms with van der Waals surface area (Å²) in [6.07, 6.45) is 3.52. The number of pyridine rings is 1. The molecule has 1 aromatic carbocycles. The van der Waals surface area contributed by atoms with Gasteiger partial charge in [-0.05, 0) is 24.3 Å². The highest BCUT2D eigenvalue weighted by molar-refractivity contribution is 5.94. The topological polar surface area (TPSA) is 66.0 Å². The molecule has 7 heteroatoms. The van der Waals surface area contributed by atoms with E-state index < -0.39 is 0 Å². The molecule has 136 valence electrons. The van der Waals surface area contributed by atoms with Crippen molar-refractivity contribution in [2.75, 3.05) is 37.7 Å². The first kappa shape index (κ1) is 17.9. The van der Waals surface area contributed by atoms with E-state index in [1.54, 1.807) is 29.5 Å². The van der Waals surface area contributed by atoms with Gasteiger partial charge in [-0.2, -0.15) is 0 Å². The first-order valence-corrected chi connectivity index (χ1v) is 8.56. The number of carbonyl (C=O) groups excluding carboxylic acids is 2. The summed E-state index contributed by atoms with van der Waals surface area (Å²) in [5.41, 5.74) is 1.09. The molecule has 0 spiro atoms. The van der Waals surface area contributed by atoms with Gasteiger partial charge in [0.1, 0.15) is 5.75 Å². The highest BCUT2D eigenvalue weighted by Crippen LogP contribution is 2.16. The standard InChI is InChI=1S/C19H22N4O3/c1-16(24)23(19(25)15-26-18-5-3-2-4-6-18)22-13-11-21(12-14-22)17-7-9-20-10-8-17/h2-10H,11-15H2,1H3. The average Bonchev–Trinajstić information content (AvgIpc) is 2.68. The van der Waals surface area contributed by atoms with Gasteiger partial charge in [-0.1, -0.05) is 18.2 Å². The third-order valence-corrected chi connectivity index (χ3v) is 4.21. The number of imide groups is 1. The van der Waals surface area contributed by atoms with E-state index in [1.807, 2.05) is 30.3 Å². The molecule has 0 N–H and O–H groups in total. The molecule has 2 heterocycles. The van der Waals surface area contributed by atoms with Crippen LogP contribution in [0.25, 0.3) is 0 Å². The van der Waals surface area contributed by atoms with Crippen molar-refractivity contribution in [1.82, 2.24) is 15.0 Å². The molecule has 0 aliphatic carbocycles. The van der Waals surface area contributed by atoms with Crippen LogP contribution in [0.1, 0.15) is 6.92 Å². The summed E-state index contributed by atoms with van der Waals surface area (Å²) in [4.78, 5) is 30.8.